The molecule has 0 amide bonds. The molecule has 0 N–H and O–H groups in total. The molecule has 0 heterocycles. The standard InChI is InChI=1S/C17H10ClNO/c18-15-6-8-17(14(9-15)11-19)20-16-7-5-12-3-1-2-4-13(12)10-16/h1-10H. The number of hydrogen-bond acceptors (Lipinski definition) is 2. The Morgan fingerprint density at radius 3 is 2.50 bits per heavy atom. The Balaban J connectivity index is 1.99. The van der Waals surface area contributed by atoms with Crippen molar-refractivity contribution in [3.05, 3.63) is 71.2 Å². The highest BCUT2D eigenvalue weighted by Crippen LogP contribution is 2.29. The Bertz CT molecular complexity index is 821. The van der Waals surface area contributed by atoms with Crippen LogP contribution in [0.15, 0.2) is 60.7 Å². The summed E-state index contributed by atoms with van der Waals surface area (Å²) in [7, 11) is 0. The van der Waals surface area contributed by atoms with Gasteiger partial charge in [-0.15, -0.1) is 0 Å². The van der Waals surface area contributed by atoms with Gasteiger partial charge in [0.1, 0.15) is 17.6 Å². The van der Waals surface area contributed by atoms with Crippen LogP contribution in [-0.2, 0) is 0 Å². The van der Waals surface area contributed by atoms with Crippen LogP contribution < -0.4 is 4.74 Å². The van der Waals surface area contributed by atoms with Crippen molar-refractivity contribution in [1.82, 2.24) is 0 Å². The number of rotatable bonds is 2. The van der Waals surface area contributed by atoms with Gasteiger partial charge in [-0.3, -0.25) is 0 Å². The molecule has 0 radical (unpaired) electrons. The summed E-state index contributed by atoms with van der Waals surface area (Å²) in [5, 5.41) is 11.9. The normalized spacial score (nSPS) is 10.2. The molecule has 3 aromatic rings. The Morgan fingerprint density at radius 2 is 1.70 bits per heavy atom. The lowest BCUT2D eigenvalue weighted by Gasteiger charge is -2.08. The van der Waals surface area contributed by atoms with Gasteiger partial charge in [-0.05, 0) is 41.1 Å². The first-order valence-electron chi connectivity index (χ1n) is 6.12. The molecule has 0 saturated carbocycles. The van der Waals surface area contributed by atoms with E-state index in [1.54, 1.807) is 18.2 Å². The van der Waals surface area contributed by atoms with E-state index in [2.05, 4.69) is 6.07 Å². The topological polar surface area (TPSA) is 33.0 Å². The minimum absolute atomic E-state index is 0.422. The van der Waals surface area contributed by atoms with Crippen LogP contribution in [0, 0.1) is 11.3 Å². The van der Waals surface area contributed by atoms with Gasteiger partial charge in [-0.25, -0.2) is 0 Å². The zero-order valence-electron chi connectivity index (χ0n) is 10.5. The van der Waals surface area contributed by atoms with E-state index in [0.29, 0.717) is 22.1 Å². The van der Waals surface area contributed by atoms with Gasteiger partial charge in [-0.2, -0.15) is 5.26 Å². The summed E-state index contributed by atoms with van der Waals surface area (Å²) >= 11 is 5.87. The van der Waals surface area contributed by atoms with Crippen molar-refractivity contribution in [2.24, 2.45) is 0 Å². The molecule has 0 aliphatic rings. The Kier molecular flexibility index (Phi) is 3.28. The fourth-order valence-electron chi connectivity index (χ4n) is 2.04. The molecule has 0 aromatic heterocycles. The molecule has 3 aromatic carbocycles. The Labute approximate surface area is 121 Å². The predicted molar refractivity (Wildman–Crippen MR) is 80.2 cm³/mol. The van der Waals surface area contributed by atoms with Gasteiger partial charge in [0.05, 0.1) is 5.56 Å². The second kappa shape index (κ2) is 5.24. The average Bonchev–Trinajstić information content (AvgIpc) is 2.49. The molecule has 0 saturated heterocycles. The molecule has 0 aliphatic carbocycles. The van der Waals surface area contributed by atoms with Crippen LogP contribution in [0.3, 0.4) is 0 Å². The first kappa shape index (κ1) is 12.5. The van der Waals surface area contributed by atoms with Crippen LogP contribution in [0.1, 0.15) is 5.56 Å². The van der Waals surface area contributed by atoms with Gasteiger partial charge in [0.25, 0.3) is 0 Å². The highest BCUT2D eigenvalue weighted by molar-refractivity contribution is 6.30. The third kappa shape index (κ3) is 2.45. The number of hydrogen-bond donors (Lipinski definition) is 0. The molecule has 0 fully saturated rings. The zero-order valence-corrected chi connectivity index (χ0v) is 11.3. The van der Waals surface area contributed by atoms with E-state index in [-0.39, 0.29) is 0 Å². The lowest BCUT2D eigenvalue weighted by Crippen LogP contribution is -1.88. The Morgan fingerprint density at radius 1 is 0.900 bits per heavy atom. The maximum atomic E-state index is 9.10. The summed E-state index contributed by atoms with van der Waals surface area (Å²) in [6.07, 6.45) is 0. The van der Waals surface area contributed by atoms with Crippen molar-refractivity contribution < 1.29 is 4.74 Å². The molecule has 0 atom stereocenters. The summed E-state index contributed by atoms with van der Waals surface area (Å²) in [6.45, 7) is 0. The molecule has 0 aliphatic heterocycles. The molecular weight excluding hydrogens is 270 g/mol. The van der Waals surface area contributed by atoms with Crippen molar-refractivity contribution in [3.8, 4) is 17.6 Å². The van der Waals surface area contributed by atoms with E-state index in [0.717, 1.165) is 10.8 Å². The lowest BCUT2D eigenvalue weighted by atomic mass is 10.1. The number of benzene rings is 3. The highest BCUT2D eigenvalue weighted by Gasteiger charge is 2.06. The largest absolute Gasteiger partial charge is 0.456 e. The molecule has 96 valence electrons. The fraction of sp³-hybridized carbons (Fsp3) is 0. The van der Waals surface area contributed by atoms with Gasteiger partial charge in [0.2, 0.25) is 0 Å². The summed E-state index contributed by atoms with van der Waals surface area (Å²) < 4.78 is 5.78. The quantitative estimate of drug-likeness (QED) is 0.649. The van der Waals surface area contributed by atoms with Crippen molar-refractivity contribution in [2.45, 2.75) is 0 Å². The summed E-state index contributed by atoms with van der Waals surface area (Å²) in [6, 6.07) is 21.0. The van der Waals surface area contributed by atoms with Crippen LogP contribution in [-0.4, -0.2) is 0 Å². The van der Waals surface area contributed by atoms with E-state index in [4.69, 9.17) is 21.6 Å². The maximum absolute atomic E-state index is 9.10. The number of nitriles is 1. The third-order valence-corrected chi connectivity index (χ3v) is 3.25. The maximum Gasteiger partial charge on any atom is 0.145 e. The molecule has 0 unspecified atom stereocenters. The fourth-order valence-corrected chi connectivity index (χ4v) is 2.21. The number of fused-ring (bicyclic) bond motifs is 1. The first-order chi connectivity index (χ1) is 9.76. The van der Waals surface area contributed by atoms with Gasteiger partial charge < -0.3 is 4.74 Å². The number of ether oxygens (including phenoxy) is 1. The SMILES string of the molecule is N#Cc1cc(Cl)ccc1Oc1ccc2ccccc2c1. The van der Waals surface area contributed by atoms with Crippen molar-refractivity contribution in [1.29, 1.82) is 5.26 Å². The smallest absolute Gasteiger partial charge is 0.145 e. The van der Waals surface area contributed by atoms with E-state index in [1.807, 2.05) is 42.5 Å². The molecule has 2 nitrogen and oxygen atoms in total. The number of nitrogens with zero attached hydrogens (tertiary/aromatic N) is 1. The van der Waals surface area contributed by atoms with Gasteiger partial charge in [0.15, 0.2) is 0 Å². The zero-order chi connectivity index (χ0) is 13.9. The van der Waals surface area contributed by atoms with Crippen LogP contribution in [0.5, 0.6) is 11.5 Å². The van der Waals surface area contributed by atoms with Crippen molar-refractivity contribution in [3.63, 3.8) is 0 Å². The molecule has 0 bridgehead atoms. The second-order valence-electron chi connectivity index (χ2n) is 4.36. The van der Waals surface area contributed by atoms with Crippen LogP contribution in [0.4, 0.5) is 0 Å². The molecular formula is C17H10ClNO. The minimum Gasteiger partial charge on any atom is -0.456 e. The van der Waals surface area contributed by atoms with Gasteiger partial charge in [0, 0.05) is 5.02 Å². The van der Waals surface area contributed by atoms with E-state index < -0.39 is 0 Å². The second-order valence-corrected chi connectivity index (χ2v) is 4.80. The van der Waals surface area contributed by atoms with Gasteiger partial charge >= 0.3 is 0 Å². The monoisotopic (exact) mass is 279 g/mol. The lowest BCUT2D eigenvalue weighted by molar-refractivity contribution is 0.482. The van der Waals surface area contributed by atoms with E-state index >= 15 is 0 Å². The summed E-state index contributed by atoms with van der Waals surface area (Å²) in [5.74, 6) is 1.20. The number of halogens is 1. The average molecular weight is 280 g/mol. The summed E-state index contributed by atoms with van der Waals surface area (Å²) in [5.41, 5.74) is 0.422. The molecule has 3 rings (SSSR count). The first-order valence-corrected chi connectivity index (χ1v) is 6.50. The van der Waals surface area contributed by atoms with E-state index in [1.165, 1.54) is 0 Å². The predicted octanol–water partition coefficient (Wildman–Crippen LogP) is 5.16. The van der Waals surface area contributed by atoms with Crippen LogP contribution in [0.25, 0.3) is 10.8 Å². The molecule has 3 heteroatoms. The van der Waals surface area contributed by atoms with Crippen LogP contribution >= 0.6 is 11.6 Å². The van der Waals surface area contributed by atoms with Crippen molar-refractivity contribution >= 4 is 22.4 Å². The molecule has 20 heavy (non-hydrogen) atoms. The Hall–Kier alpha value is -2.50. The van der Waals surface area contributed by atoms with E-state index in [9.17, 15) is 0 Å². The van der Waals surface area contributed by atoms with Crippen molar-refractivity contribution in [2.75, 3.05) is 0 Å². The highest BCUT2D eigenvalue weighted by atomic mass is 35.5. The summed E-state index contributed by atoms with van der Waals surface area (Å²) in [4.78, 5) is 0. The van der Waals surface area contributed by atoms with Crippen LogP contribution in [0.2, 0.25) is 5.02 Å². The minimum atomic E-state index is 0.422. The van der Waals surface area contributed by atoms with Gasteiger partial charge in [-0.1, -0.05) is 41.9 Å². The molecule has 0 spiro atoms. The third-order valence-electron chi connectivity index (χ3n) is 3.01.